The maximum Gasteiger partial charge on any atom is 0.261 e. The highest BCUT2D eigenvalue weighted by molar-refractivity contribution is 5.80. The number of likely N-dealkylation sites (tertiary alicyclic amines) is 1. The van der Waals surface area contributed by atoms with Gasteiger partial charge in [-0.25, -0.2) is 4.98 Å². The zero-order chi connectivity index (χ0) is 14.8. The van der Waals surface area contributed by atoms with Crippen molar-refractivity contribution in [1.82, 2.24) is 14.5 Å². The molecule has 1 aliphatic heterocycles. The van der Waals surface area contributed by atoms with Crippen molar-refractivity contribution >= 4 is 16.8 Å². The summed E-state index contributed by atoms with van der Waals surface area (Å²) in [6.45, 7) is 4.03. The summed E-state index contributed by atoms with van der Waals surface area (Å²) in [7, 11) is 0. The first-order chi connectivity index (χ1) is 10.2. The molecular formula is C16H19N3O2. The zero-order valence-electron chi connectivity index (χ0n) is 12.2. The van der Waals surface area contributed by atoms with Gasteiger partial charge in [0.2, 0.25) is 5.91 Å². The highest BCUT2D eigenvalue weighted by Gasteiger charge is 2.17. The van der Waals surface area contributed by atoms with Gasteiger partial charge in [0.1, 0.15) is 0 Å². The van der Waals surface area contributed by atoms with Crippen molar-refractivity contribution in [2.75, 3.05) is 13.1 Å². The van der Waals surface area contributed by atoms with Crippen molar-refractivity contribution in [2.45, 2.75) is 32.7 Å². The number of benzene rings is 1. The van der Waals surface area contributed by atoms with Gasteiger partial charge in [-0.3, -0.25) is 14.2 Å². The molecule has 0 radical (unpaired) electrons. The molecule has 2 aromatic rings. The lowest BCUT2D eigenvalue weighted by Gasteiger charge is -2.15. The third-order valence-corrected chi connectivity index (χ3v) is 4.08. The van der Waals surface area contributed by atoms with Gasteiger partial charge < -0.3 is 4.90 Å². The fourth-order valence-corrected chi connectivity index (χ4v) is 2.84. The number of amides is 1. The SMILES string of the molecule is Cc1cccc2c(=O)n(CCC(=O)N3CCCC3)cnc12. The van der Waals surface area contributed by atoms with Crippen LogP contribution in [-0.2, 0) is 11.3 Å². The van der Waals surface area contributed by atoms with Crippen molar-refractivity contribution < 1.29 is 4.79 Å². The molecule has 0 bridgehead atoms. The van der Waals surface area contributed by atoms with Gasteiger partial charge in [0.05, 0.1) is 17.2 Å². The molecule has 1 amide bonds. The summed E-state index contributed by atoms with van der Waals surface area (Å²) in [5.41, 5.74) is 1.66. The van der Waals surface area contributed by atoms with Crippen LogP contribution in [0.4, 0.5) is 0 Å². The van der Waals surface area contributed by atoms with E-state index in [0.29, 0.717) is 18.4 Å². The van der Waals surface area contributed by atoms with E-state index >= 15 is 0 Å². The molecule has 5 heteroatoms. The molecule has 0 atom stereocenters. The minimum absolute atomic E-state index is 0.0714. The van der Waals surface area contributed by atoms with E-state index in [2.05, 4.69) is 4.98 Å². The van der Waals surface area contributed by atoms with Crippen molar-refractivity contribution in [3.63, 3.8) is 0 Å². The average molecular weight is 285 g/mol. The Morgan fingerprint density at radius 2 is 2.05 bits per heavy atom. The van der Waals surface area contributed by atoms with Crippen LogP contribution in [0.1, 0.15) is 24.8 Å². The van der Waals surface area contributed by atoms with Crippen LogP contribution in [0, 0.1) is 6.92 Å². The number of nitrogens with zero attached hydrogens (tertiary/aromatic N) is 3. The molecule has 0 saturated carbocycles. The Morgan fingerprint density at radius 1 is 1.29 bits per heavy atom. The van der Waals surface area contributed by atoms with Crippen molar-refractivity contribution in [2.24, 2.45) is 0 Å². The Bertz CT molecular complexity index is 730. The molecule has 3 rings (SSSR count). The molecule has 1 saturated heterocycles. The number of para-hydroxylation sites is 1. The third-order valence-electron chi connectivity index (χ3n) is 4.08. The zero-order valence-corrected chi connectivity index (χ0v) is 12.2. The summed E-state index contributed by atoms with van der Waals surface area (Å²) in [4.78, 5) is 30.7. The van der Waals surface area contributed by atoms with Crippen LogP contribution < -0.4 is 5.56 Å². The molecule has 110 valence electrons. The van der Waals surface area contributed by atoms with Gasteiger partial charge in [-0.2, -0.15) is 0 Å². The molecule has 1 aromatic heterocycles. The van der Waals surface area contributed by atoms with Gasteiger partial charge >= 0.3 is 0 Å². The summed E-state index contributed by atoms with van der Waals surface area (Å²) >= 11 is 0. The standard InChI is InChI=1S/C16H19N3O2/c1-12-5-4-6-13-15(12)17-11-19(16(13)21)10-7-14(20)18-8-2-3-9-18/h4-6,11H,2-3,7-10H2,1H3. The van der Waals surface area contributed by atoms with E-state index in [1.54, 1.807) is 12.4 Å². The van der Waals surface area contributed by atoms with Gasteiger partial charge in [0.15, 0.2) is 0 Å². The van der Waals surface area contributed by atoms with Crippen molar-refractivity contribution in [3.8, 4) is 0 Å². The normalized spacial score (nSPS) is 14.8. The minimum atomic E-state index is -0.0714. The second-order valence-corrected chi connectivity index (χ2v) is 5.55. The molecule has 1 aliphatic rings. The van der Waals surface area contributed by atoms with Crippen LogP contribution in [0.2, 0.25) is 0 Å². The Labute approximate surface area is 123 Å². The van der Waals surface area contributed by atoms with Crippen LogP contribution in [0.25, 0.3) is 10.9 Å². The first kappa shape index (κ1) is 13.8. The predicted molar refractivity (Wildman–Crippen MR) is 81.2 cm³/mol. The molecule has 21 heavy (non-hydrogen) atoms. The summed E-state index contributed by atoms with van der Waals surface area (Å²) in [6, 6.07) is 5.59. The van der Waals surface area contributed by atoms with Gasteiger partial charge in [-0.05, 0) is 31.4 Å². The number of hydrogen-bond acceptors (Lipinski definition) is 3. The van der Waals surface area contributed by atoms with E-state index in [1.807, 2.05) is 24.0 Å². The molecule has 0 unspecified atom stereocenters. The van der Waals surface area contributed by atoms with E-state index in [9.17, 15) is 9.59 Å². The quantitative estimate of drug-likeness (QED) is 0.863. The van der Waals surface area contributed by atoms with Crippen LogP contribution in [-0.4, -0.2) is 33.4 Å². The van der Waals surface area contributed by atoms with Gasteiger partial charge in [-0.15, -0.1) is 0 Å². The third kappa shape index (κ3) is 2.68. The second kappa shape index (κ2) is 5.68. The number of aromatic nitrogens is 2. The maximum absolute atomic E-state index is 12.4. The molecule has 0 N–H and O–H groups in total. The molecular weight excluding hydrogens is 266 g/mol. The smallest absolute Gasteiger partial charge is 0.261 e. The highest BCUT2D eigenvalue weighted by atomic mass is 16.2. The summed E-state index contributed by atoms with van der Waals surface area (Å²) < 4.78 is 1.54. The number of carbonyl (C=O) groups excluding carboxylic acids is 1. The van der Waals surface area contributed by atoms with Crippen LogP contribution >= 0.6 is 0 Å². The van der Waals surface area contributed by atoms with Crippen molar-refractivity contribution in [1.29, 1.82) is 0 Å². The number of rotatable bonds is 3. The lowest BCUT2D eigenvalue weighted by molar-refractivity contribution is -0.130. The van der Waals surface area contributed by atoms with Crippen molar-refractivity contribution in [3.05, 3.63) is 40.4 Å². The van der Waals surface area contributed by atoms with E-state index in [0.717, 1.165) is 37.0 Å². The first-order valence-corrected chi connectivity index (χ1v) is 7.39. The fourth-order valence-electron chi connectivity index (χ4n) is 2.84. The lowest BCUT2D eigenvalue weighted by Crippen LogP contribution is -2.30. The second-order valence-electron chi connectivity index (χ2n) is 5.55. The predicted octanol–water partition coefficient (Wildman–Crippen LogP) is 1.72. The molecule has 1 fully saturated rings. The Balaban J connectivity index is 1.80. The highest BCUT2D eigenvalue weighted by Crippen LogP contribution is 2.12. The van der Waals surface area contributed by atoms with E-state index < -0.39 is 0 Å². The molecule has 0 spiro atoms. The van der Waals surface area contributed by atoms with E-state index in [-0.39, 0.29) is 11.5 Å². The fraction of sp³-hybridized carbons (Fsp3) is 0.438. The van der Waals surface area contributed by atoms with E-state index in [4.69, 9.17) is 0 Å². The average Bonchev–Trinajstić information content (AvgIpc) is 3.01. The van der Waals surface area contributed by atoms with Crippen LogP contribution in [0.3, 0.4) is 0 Å². The summed E-state index contributed by atoms with van der Waals surface area (Å²) in [6.07, 6.45) is 4.08. The molecule has 1 aromatic carbocycles. The van der Waals surface area contributed by atoms with Gasteiger partial charge in [0, 0.05) is 26.1 Å². The summed E-state index contributed by atoms with van der Waals surface area (Å²) in [5.74, 6) is 0.128. The monoisotopic (exact) mass is 285 g/mol. The van der Waals surface area contributed by atoms with Crippen LogP contribution in [0.15, 0.2) is 29.3 Å². The van der Waals surface area contributed by atoms with Gasteiger partial charge in [0.25, 0.3) is 5.56 Å². The number of carbonyl (C=O) groups is 1. The molecule has 0 aliphatic carbocycles. The molecule has 2 heterocycles. The first-order valence-electron chi connectivity index (χ1n) is 7.39. The number of aryl methyl sites for hydroxylation is 2. The topological polar surface area (TPSA) is 55.2 Å². The lowest BCUT2D eigenvalue weighted by atomic mass is 10.1. The number of hydrogen-bond donors (Lipinski definition) is 0. The minimum Gasteiger partial charge on any atom is -0.343 e. The Morgan fingerprint density at radius 3 is 2.81 bits per heavy atom. The number of fused-ring (bicyclic) bond motifs is 1. The Hall–Kier alpha value is -2.17. The maximum atomic E-state index is 12.4. The van der Waals surface area contributed by atoms with Gasteiger partial charge in [-0.1, -0.05) is 12.1 Å². The Kier molecular flexibility index (Phi) is 3.73. The van der Waals surface area contributed by atoms with Crippen LogP contribution in [0.5, 0.6) is 0 Å². The van der Waals surface area contributed by atoms with E-state index in [1.165, 1.54) is 4.57 Å². The summed E-state index contributed by atoms with van der Waals surface area (Å²) in [5, 5.41) is 0.617. The largest absolute Gasteiger partial charge is 0.343 e. The molecule has 5 nitrogen and oxygen atoms in total.